The lowest BCUT2D eigenvalue weighted by Crippen LogP contribution is -2.44. The fraction of sp³-hybridized carbons (Fsp3) is 0.143. The largest absolute Gasteiger partial charge is 0.361 e. The molecule has 3 aromatic carbocycles. The van der Waals surface area contributed by atoms with Crippen molar-refractivity contribution in [2.45, 2.75) is 0 Å². The maximum atomic E-state index is 3.76. The SMILES string of the molecule is c1ccc(NP2CN(c3ccccc3)CN(c3ccccc3)C2)cc1. The third-order valence-corrected chi connectivity index (χ3v) is 6.27. The molecule has 1 aliphatic rings. The molecule has 0 bridgehead atoms. The van der Waals surface area contributed by atoms with Crippen molar-refractivity contribution < 1.29 is 0 Å². The minimum absolute atomic E-state index is 0.372. The van der Waals surface area contributed by atoms with Gasteiger partial charge < -0.3 is 14.9 Å². The summed E-state index contributed by atoms with van der Waals surface area (Å²) in [4.78, 5) is 4.94. The summed E-state index contributed by atoms with van der Waals surface area (Å²) in [6.45, 7) is 0.920. The first-order chi connectivity index (χ1) is 12.4. The topological polar surface area (TPSA) is 18.5 Å². The fourth-order valence-electron chi connectivity index (χ4n) is 3.12. The molecule has 0 aliphatic carbocycles. The third kappa shape index (κ3) is 3.94. The molecule has 1 fully saturated rings. The van der Waals surface area contributed by atoms with Gasteiger partial charge in [0.15, 0.2) is 0 Å². The van der Waals surface area contributed by atoms with Gasteiger partial charge in [0.05, 0.1) is 19.2 Å². The predicted octanol–water partition coefficient (Wildman–Crippen LogP) is 5.39. The molecule has 0 aromatic heterocycles. The van der Waals surface area contributed by atoms with Gasteiger partial charge in [0.25, 0.3) is 0 Å². The molecule has 0 radical (unpaired) electrons. The van der Waals surface area contributed by atoms with Gasteiger partial charge in [-0.3, -0.25) is 0 Å². The normalized spacial score (nSPS) is 15.2. The third-order valence-electron chi connectivity index (χ3n) is 4.33. The summed E-state index contributed by atoms with van der Waals surface area (Å²) in [6.07, 6.45) is 2.11. The Morgan fingerprint density at radius 2 is 1.04 bits per heavy atom. The van der Waals surface area contributed by atoms with Gasteiger partial charge in [-0.2, -0.15) is 0 Å². The first-order valence-electron chi connectivity index (χ1n) is 8.55. The van der Waals surface area contributed by atoms with Gasteiger partial charge in [0, 0.05) is 25.1 Å². The lowest BCUT2D eigenvalue weighted by molar-refractivity contribution is 0.798. The Bertz CT molecular complexity index is 733. The molecule has 0 atom stereocenters. The number of rotatable bonds is 4. The smallest absolute Gasteiger partial charge is 0.0911 e. The maximum absolute atomic E-state index is 3.76. The van der Waals surface area contributed by atoms with Gasteiger partial charge in [0.2, 0.25) is 0 Å². The monoisotopic (exact) mass is 347 g/mol. The van der Waals surface area contributed by atoms with E-state index in [-0.39, 0.29) is 8.07 Å². The van der Waals surface area contributed by atoms with Gasteiger partial charge in [-0.05, 0) is 36.4 Å². The van der Waals surface area contributed by atoms with Crippen LogP contribution in [0.2, 0.25) is 0 Å². The average molecular weight is 347 g/mol. The van der Waals surface area contributed by atoms with Crippen molar-refractivity contribution in [1.82, 2.24) is 0 Å². The highest BCUT2D eigenvalue weighted by Crippen LogP contribution is 2.43. The second kappa shape index (κ2) is 7.58. The van der Waals surface area contributed by atoms with E-state index in [1.807, 2.05) is 0 Å². The zero-order chi connectivity index (χ0) is 16.9. The van der Waals surface area contributed by atoms with Crippen LogP contribution >= 0.6 is 8.07 Å². The van der Waals surface area contributed by atoms with Gasteiger partial charge in [-0.25, -0.2) is 0 Å². The fourth-order valence-corrected chi connectivity index (χ4v) is 5.20. The van der Waals surface area contributed by atoms with Crippen LogP contribution in [0.25, 0.3) is 0 Å². The average Bonchev–Trinajstić information content (AvgIpc) is 2.70. The zero-order valence-electron chi connectivity index (χ0n) is 14.1. The Morgan fingerprint density at radius 1 is 0.600 bits per heavy atom. The van der Waals surface area contributed by atoms with Crippen LogP contribution in [0, 0.1) is 0 Å². The summed E-state index contributed by atoms with van der Waals surface area (Å²) >= 11 is 0. The molecule has 1 heterocycles. The van der Waals surface area contributed by atoms with E-state index in [0.29, 0.717) is 0 Å². The van der Waals surface area contributed by atoms with Crippen molar-refractivity contribution in [2.75, 3.05) is 34.1 Å². The number of hydrogen-bond donors (Lipinski definition) is 1. The van der Waals surface area contributed by atoms with E-state index in [2.05, 4.69) is 106 Å². The highest BCUT2D eigenvalue weighted by molar-refractivity contribution is 7.59. The minimum Gasteiger partial charge on any atom is -0.361 e. The first-order valence-corrected chi connectivity index (χ1v) is 10.3. The summed E-state index contributed by atoms with van der Waals surface area (Å²) in [5, 5.41) is 3.76. The highest BCUT2D eigenvalue weighted by Gasteiger charge is 2.25. The van der Waals surface area contributed by atoms with Gasteiger partial charge >= 0.3 is 0 Å². The molecule has 126 valence electrons. The standard InChI is InChI=1S/C21H22N3P/c1-4-10-19(11-5-1)22-25-17-23(20-12-6-2-7-13-20)16-24(18-25)21-14-8-3-9-15-21/h1-15,22H,16-18H2. The van der Waals surface area contributed by atoms with Crippen LogP contribution in [-0.4, -0.2) is 19.2 Å². The zero-order valence-corrected chi connectivity index (χ0v) is 15.0. The number of benzene rings is 3. The first kappa shape index (κ1) is 16.0. The number of para-hydroxylation sites is 3. The molecule has 1 saturated heterocycles. The Hall–Kier alpha value is -2.51. The predicted molar refractivity (Wildman–Crippen MR) is 109 cm³/mol. The second-order valence-corrected chi connectivity index (χ2v) is 8.06. The Kier molecular flexibility index (Phi) is 4.85. The molecular formula is C21H22N3P. The summed E-state index contributed by atoms with van der Waals surface area (Å²) in [6, 6.07) is 31.9. The number of anilines is 3. The quantitative estimate of drug-likeness (QED) is 0.638. The number of hydrogen-bond acceptors (Lipinski definition) is 3. The number of nitrogens with one attached hydrogen (secondary N) is 1. The van der Waals surface area contributed by atoms with Gasteiger partial charge in [0.1, 0.15) is 0 Å². The molecule has 4 heteroatoms. The van der Waals surface area contributed by atoms with Crippen LogP contribution in [0.15, 0.2) is 91.0 Å². The Morgan fingerprint density at radius 3 is 1.52 bits per heavy atom. The van der Waals surface area contributed by atoms with E-state index in [1.165, 1.54) is 17.1 Å². The maximum Gasteiger partial charge on any atom is 0.0911 e. The molecule has 0 unspecified atom stereocenters. The second-order valence-electron chi connectivity index (χ2n) is 6.19. The van der Waals surface area contributed by atoms with Crippen molar-refractivity contribution in [1.29, 1.82) is 0 Å². The van der Waals surface area contributed by atoms with E-state index in [1.54, 1.807) is 0 Å². The van der Waals surface area contributed by atoms with Crippen LogP contribution in [0.3, 0.4) is 0 Å². The summed E-state index contributed by atoms with van der Waals surface area (Å²) in [7, 11) is -0.372. The lowest BCUT2D eigenvalue weighted by atomic mass is 10.3. The van der Waals surface area contributed by atoms with E-state index in [4.69, 9.17) is 0 Å². The van der Waals surface area contributed by atoms with E-state index >= 15 is 0 Å². The Labute approximate surface area is 150 Å². The summed E-state index contributed by atoms with van der Waals surface area (Å²) in [5.41, 5.74) is 3.77. The van der Waals surface area contributed by atoms with Crippen molar-refractivity contribution in [3.63, 3.8) is 0 Å². The molecule has 0 spiro atoms. The van der Waals surface area contributed by atoms with E-state index in [9.17, 15) is 0 Å². The minimum atomic E-state index is -0.372. The molecule has 0 amide bonds. The van der Waals surface area contributed by atoms with Crippen molar-refractivity contribution in [2.24, 2.45) is 0 Å². The molecule has 3 nitrogen and oxygen atoms in total. The van der Waals surface area contributed by atoms with Crippen molar-refractivity contribution >= 4 is 25.1 Å². The van der Waals surface area contributed by atoms with E-state index in [0.717, 1.165) is 19.2 Å². The molecule has 3 aromatic rings. The molecule has 0 saturated carbocycles. The molecule has 1 aliphatic heterocycles. The molecule has 1 N–H and O–H groups in total. The van der Waals surface area contributed by atoms with Crippen molar-refractivity contribution in [3.8, 4) is 0 Å². The highest BCUT2D eigenvalue weighted by atomic mass is 31.1. The van der Waals surface area contributed by atoms with Crippen LogP contribution in [0.4, 0.5) is 17.1 Å². The number of nitrogens with zero attached hydrogens (tertiary/aromatic N) is 2. The van der Waals surface area contributed by atoms with Crippen LogP contribution < -0.4 is 14.9 Å². The van der Waals surface area contributed by atoms with Crippen LogP contribution in [0.1, 0.15) is 0 Å². The van der Waals surface area contributed by atoms with E-state index < -0.39 is 0 Å². The molecule has 25 heavy (non-hydrogen) atoms. The van der Waals surface area contributed by atoms with Crippen molar-refractivity contribution in [3.05, 3.63) is 91.0 Å². The summed E-state index contributed by atoms with van der Waals surface area (Å²) in [5.74, 6) is 0. The van der Waals surface area contributed by atoms with Crippen LogP contribution in [0.5, 0.6) is 0 Å². The van der Waals surface area contributed by atoms with Crippen LogP contribution in [-0.2, 0) is 0 Å². The summed E-state index contributed by atoms with van der Waals surface area (Å²) < 4.78 is 0. The lowest BCUT2D eigenvalue weighted by Gasteiger charge is -2.43. The molecular weight excluding hydrogens is 325 g/mol. The van der Waals surface area contributed by atoms with Gasteiger partial charge in [-0.15, -0.1) is 0 Å². The van der Waals surface area contributed by atoms with Gasteiger partial charge in [-0.1, -0.05) is 54.6 Å². The Balaban J connectivity index is 1.58. The molecule has 4 rings (SSSR count).